The predicted molar refractivity (Wildman–Crippen MR) is 101 cm³/mol. The standard InChI is InChI=1S/C21H15N3O2/c25-20(9-6-15-4-2-1-3-5-15)23-17-7-8-19-18(14-17)24-21(26-19)16-10-12-22-13-11-16/h1-14H,(H,23,25)/b9-6+. The molecule has 0 unspecified atom stereocenters. The fourth-order valence-electron chi connectivity index (χ4n) is 2.54. The van der Waals surface area contributed by atoms with Crippen LogP contribution in [0.3, 0.4) is 0 Å². The SMILES string of the molecule is O=C(/C=C/c1ccccc1)Nc1ccc2oc(-c3ccncc3)nc2c1. The molecule has 0 fully saturated rings. The largest absolute Gasteiger partial charge is 0.436 e. The second-order valence-electron chi connectivity index (χ2n) is 5.67. The average molecular weight is 341 g/mol. The van der Waals surface area contributed by atoms with Gasteiger partial charge >= 0.3 is 0 Å². The van der Waals surface area contributed by atoms with Gasteiger partial charge in [-0.1, -0.05) is 30.3 Å². The van der Waals surface area contributed by atoms with E-state index in [9.17, 15) is 4.79 Å². The maximum absolute atomic E-state index is 12.1. The van der Waals surface area contributed by atoms with E-state index in [1.165, 1.54) is 6.08 Å². The van der Waals surface area contributed by atoms with E-state index in [0.717, 1.165) is 11.1 Å². The van der Waals surface area contributed by atoms with E-state index in [4.69, 9.17) is 4.42 Å². The molecule has 126 valence electrons. The topological polar surface area (TPSA) is 68.0 Å². The normalized spacial score (nSPS) is 11.1. The summed E-state index contributed by atoms with van der Waals surface area (Å²) in [7, 11) is 0. The highest BCUT2D eigenvalue weighted by Gasteiger charge is 2.09. The number of pyridine rings is 1. The number of nitrogens with one attached hydrogen (secondary N) is 1. The highest BCUT2D eigenvalue weighted by atomic mass is 16.3. The number of benzene rings is 2. The van der Waals surface area contributed by atoms with Crippen molar-refractivity contribution in [3.8, 4) is 11.5 Å². The molecule has 2 heterocycles. The Balaban J connectivity index is 1.52. The van der Waals surface area contributed by atoms with Gasteiger partial charge in [0.05, 0.1) is 0 Å². The number of nitrogens with zero attached hydrogens (tertiary/aromatic N) is 2. The van der Waals surface area contributed by atoms with Crippen LogP contribution in [0.5, 0.6) is 0 Å². The molecule has 1 amide bonds. The summed E-state index contributed by atoms with van der Waals surface area (Å²) in [5.74, 6) is 0.320. The number of carbonyl (C=O) groups excluding carboxylic acids is 1. The van der Waals surface area contributed by atoms with Crippen molar-refractivity contribution in [2.45, 2.75) is 0 Å². The minimum atomic E-state index is -0.203. The van der Waals surface area contributed by atoms with E-state index in [-0.39, 0.29) is 5.91 Å². The van der Waals surface area contributed by atoms with Crippen LogP contribution >= 0.6 is 0 Å². The van der Waals surface area contributed by atoms with E-state index in [1.807, 2.05) is 42.5 Å². The number of carbonyl (C=O) groups is 1. The van der Waals surface area contributed by atoms with Crippen LogP contribution in [-0.2, 0) is 4.79 Å². The Morgan fingerprint density at radius 2 is 1.81 bits per heavy atom. The van der Waals surface area contributed by atoms with Gasteiger partial charge < -0.3 is 9.73 Å². The molecule has 0 aliphatic rings. The van der Waals surface area contributed by atoms with E-state index in [2.05, 4.69) is 15.3 Å². The summed E-state index contributed by atoms with van der Waals surface area (Å²) in [6.45, 7) is 0. The van der Waals surface area contributed by atoms with Crippen LogP contribution in [0, 0.1) is 0 Å². The van der Waals surface area contributed by atoms with E-state index in [1.54, 1.807) is 36.7 Å². The van der Waals surface area contributed by atoms with Crippen LogP contribution in [0.2, 0.25) is 0 Å². The fourth-order valence-corrected chi connectivity index (χ4v) is 2.54. The Hall–Kier alpha value is -3.73. The summed E-state index contributed by atoms with van der Waals surface area (Å²) < 4.78 is 5.75. The molecule has 0 aliphatic heterocycles. The first-order chi connectivity index (χ1) is 12.8. The lowest BCUT2D eigenvalue weighted by Gasteiger charge is -2.01. The van der Waals surface area contributed by atoms with Crippen LogP contribution < -0.4 is 5.32 Å². The molecule has 0 aliphatic carbocycles. The highest BCUT2D eigenvalue weighted by molar-refractivity contribution is 6.02. The first kappa shape index (κ1) is 15.8. The smallest absolute Gasteiger partial charge is 0.248 e. The summed E-state index contributed by atoms with van der Waals surface area (Å²) in [5, 5.41) is 2.84. The van der Waals surface area contributed by atoms with Crippen molar-refractivity contribution < 1.29 is 9.21 Å². The molecule has 0 saturated carbocycles. The fraction of sp³-hybridized carbons (Fsp3) is 0. The molecule has 5 heteroatoms. The quantitative estimate of drug-likeness (QED) is 0.553. The summed E-state index contributed by atoms with van der Waals surface area (Å²) in [6, 6.07) is 18.7. The molecule has 5 nitrogen and oxygen atoms in total. The zero-order chi connectivity index (χ0) is 17.8. The molecule has 26 heavy (non-hydrogen) atoms. The third kappa shape index (κ3) is 3.52. The molecular formula is C21H15N3O2. The van der Waals surface area contributed by atoms with E-state index >= 15 is 0 Å². The minimum absolute atomic E-state index is 0.203. The Morgan fingerprint density at radius 1 is 1.00 bits per heavy atom. The maximum Gasteiger partial charge on any atom is 0.248 e. The summed E-state index contributed by atoms with van der Waals surface area (Å²) in [6.07, 6.45) is 6.65. The van der Waals surface area contributed by atoms with Gasteiger partial charge in [0.25, 0.3) is 0 Å². The maximum atomic E-state index is 12.1. The van der Waals surface area contributed by atoms with Crippen LogP contribution in [0.15, 0.2) is 83.6 Å². The van der Waals surface area contributed by atoms with Gasteiger partial charge in [-0.2, -0.15) is 0 Å². The zero-order valence-corrected chi connectivity index (χ0v) is 13.8. The lowest BCUT2D eigenvalue weighted by Crippen LogP contribution is -2.07. The Bertz CT molecular complexity index is 1070. The van der Waals surface area contributed by atoms with Crippen molar-refractivity contribution >= 4 is 28.8 Å². The van der Waals surface area contributed by atoms with E-state index < -0.39 is 0 Å². The third-order valence-corrected chi connectivity index (χ3v) is 3.81. The number of aromatic nitrogens is 2. The molecule has 0 radical (unpaired) electrons. The molecule has 0 atom stereocenters. The van der Waals surface area contributed by atoms with E-state index in [0.29, 0.717) is 22.7 Å². The number of fused-ring (bicyclic) bond motifs is 1. The minimum Gasteiger partial charge on any atom is -0.436 e. The molecule has 4 rings (SSSR count). The molecule has 0 bridgehead atoms. The number of oxazole rings is 1. The summed E-state index contributed by atoms with van der Waals surface area (Å²) in [5.41, 5.74) is 3.83. The Labute approximate surface area is 150 Å². The van der Waals surface area contributed by atoms with Gasteiger partial charge in [-0.3, -0.25) is 9.78 Å². The van der Waals surface area contributed by atoms with Crippen molar-refractivity contribution in [1.29, 1.82) is 0 Å². The van der Waals surface area contributed by atoms with Gasteiger partial charge in [-0.25, -0.2) is 4.98 Å². The van der Waals surface area contributed by atoms with Crippen LogP contribution in [0.1, 0.15) is 5.56 Å². The lowest BCUT2D eigenvalue weighted by molar-refractivity contribution is -0.111. The molecule has 0 spiro atoms. The number of anilines is 1. The molecule has 1 N–H and O–H groups in total. The number of amides is 1. The average Bonchev–Trinajstić information content (AvgIpc) is 3.11. The monoisotopic (exact) mass is 341 g/mol. The number of hydrogen-bond donors (Lipinski definition) is 1. The Kier molecular flexibility index (Phi) is 4.26. The lowest BCUT2D eigenvalue weighted by atomic mass is 10.2. The summed E-state index contributed by atoms with van der Waals surface area (Å²) in [4.78, 5) is 20.6. The van der Waals surface area contributed by atoms with Crippen LogP contribution in [-0.4, -0.2) is 15.9 Å². The van der Waals surface area contributed by atoms with Crippen molar-refractivity contribution in [1.82, 2.24) is 9.97 Å². The van der Waals surface area contributed by atoms with Crippen molar-refractivity contribution in [2.24, 2.45) is 0 Å². The van der Waals surface area contributed by atoms with Gasteiger partial charge in [-0.05, 0) is 42.0 Å². The molecule has 2 aromatic carbocycles. The number of hydrogen-bond acceptors (Lipinski definition) is 4. The third-order valence-electron chi connectivity index (χ3n) is 3.81. The van der Waals surface area contributed by atoms with Gasteiger partial charge in [0.2, 0.25) is 11.8 Å². The second kappa shape index (κ2) is 7.03. The van der Waals surface area contributed by atoms with Gasteiger partial charge in [0.1, 0.15) is 5.52 Å². The van der Waals surface area contributed by atoms with Crippen LogP contribution in [0.4, 0.5) is 5.69 Å². The summed E-state index contributed by atoms with van der Waals surface area (Å²) >= 11 is 0. The first-order valence-electron chi connectivity index (χ1n) is 8.13. The van der Waals surface area contributed by atoms with Crippen molar-refractivity contribution in [2.75, 3.05) is 5.32 Å². The van der Waals surface area contributed by atoms with Gasteiger partial charge in [0.15, 0.2) is 5.58 Å². The second-order valence-corrected chi connectivity index (χ2v) is 5.67. The Morgan fingerprint density at radius 3 is 2.62 bits per heavy atom. The predicted octanol–water partition coefficient (Wildman–Crippen LogP) is 4.54. The highest BCUT2D eigenvalue weighted by Crippen LogP contribution is 2.25. The number of rotatable bonds is 4. The first-order valence-corrected chi connectivity index (χ1v) is 8.13. The van der Waals surface area contributed by atoms with Crippen LogP contribution in [0.25, 0.3) is 28.6 Å². The molecule has 0 saturated heterocycles. The molecule has 2 aromatic heterocycles. The zero-order valence-electron chi connectivity index (χ0n) is 13.8. The molecular weight excluding hydrogens is 326 g/mol. The van der Waals surface area contributed by atoms with Gasteiger partial charge in [0, 0.05) is 29.7 Å². The van der Waals surface area contributed by atoms with Crippen molar-refractivity contribution in [3.05, 3.63) is 84.7 Å². The van der Waals surface area contributed by atoms with Crippen molar-refractivity contribution in [3.63, 3.8) is 0 Å². The molecule has 4 aromatic rings. The van der Waals surface area contributed by atoms with Gasteiger partial charge in [-0.15, -0.1) is 0 Å².